The predicted molar refractivity (Wildman–Crippen MR) is 109 cm³/mol. The quantitative estimate of drug-likeness (QED) is 0.353. The fourth-order valence-electron chi connectivity index (χ4n) is 3.55. The summed E-state index contributed by atoms with van der Waals surface area (Å²) in [5.74, 6) is 0. The number of nitriles is 1. The van der Waals surface area contributed by atoms with E-state index >= 15 is 0 Å². The molecule has 0 fully saturated rings. The molecule has 0 atom stereocenters. The highest BCUT2D eigenvalue weighted by molar-refractivity contribution is 6.06. The molecule has 0 saturated carbocycles. The van der Waals surface area contributed by atoms with Gasteiger partial charge in [0.15, 0.2) is 0 Å². The van der Waals surface area contributed by atoms with Crippen molar-refractivity contribution in [1.29, 1.82) is 5.26 Å². The molecular formula is C25H15NO. The molecule has 2 nitrogen and oxygen atoms in total. The van der Waals surface area contributed by atoms with Gasteiger partial charge in [0.25, 0.3) is 0 Å². The van der Waals surface area contributed by atoms with E-state index in [2.05, 4.69) is 48.5 Å². The summed E-state index contributed by atoms with van der Waals surface area (Å²) < 4.78 is 5.93. The lowest BCUT2D eigenvalue weighted by Crippen LogP contribution is -1.83. The van der Waals surface area contributed by atoms with Crippen molar-refractivity contribution in [2.24, 2.45) is 0 Å². The first-order valence-electron chi connectivity index (χ1n) is 8.84. The molecular weight excluding hydrogens is 330 g/mol. The monoisotopic (exact) mass is 345 g/mol. The minimum absolute atomic E-state index is 0.671. The Balaban J connectivity index is 1.64. The fourth-order valence-corrected chi connectivity index (χ4v) is 3.55. The second-order valence-corrected chi connectivity index (χ2v) is 6.58. The SMILES string of the molecule is N#Cc1cccc(-c2cccc(-c3ccc4oc5ccccc5c4c3)c2)c1. The maximum atomic E-state index is 9.15. The van der Waals surface area contributed by atoms with E-state index < -0.39 is 0 Å². The summed E-state index contributed by atoms with van der Waals surface area (Å²) in [5, 5.41) is 11.4. The summed E-state index contributed by atoms with van der Waals surface area (Å²) in [6, 6.07) is 32.8. The highest BCUT2D eigenvalue weighted by Crippen LogP contribution is 2.33. The molecule has 5 rings (SSSR count). The van der Waals surface area contributed by atoms with Crippen molar-refractivity contribution in [3.63, 3.8) is 0 Å². The number of hydrogen-bond acceptors (Lipinski definition) is 2. The second-order valence-electron chi connectivity index (χ2n) is 6.58. The van der Waals surface area contributed by atoms with Gasteiger partial charge in [0.05, 0.1) is 11.6 Å². The van der Waals surface area contributed by atoms with Gasteiger partial charge < -0.3 is 4.42 Å². The highest BCUT2D eigenvalue weighted by atomic mass is 16.3. The van der Waals surface area contributed by atoms with Gasteiger partial charge in [0, 0.05) is 10.8 Å². The first-order valence-corrected chi connectivity index (χ1v) is 8.84. The average molecular weight is 345 g/mol. The third-order valence-corrected chi connectivity index (χ3v) is 4.90. The number of furan rings is 1. The molecule has 0 aliphatic carbocycles. The lowest BCUT2D eigenvalue weighted by atomic mass is 9.97. The number of benzene rings is 4. The third-order valence-electron chi connectivity index (χ3n) is 4.90. The first kappa shape index (κ1) is 15.4. The molecule has 0 spiro atoms. The molecule has 0 saturated heterocycles. The van der Waals surface area contributed by atoms with Gasteiger partial charge in [-0.25, -0.2) is 0 Å². The maximum Gasteiger partial charge on any atom is 0.135 e. The van der Waals surface area contributed by atoms with Crippen LogP contribution in [0.1, 0.15) is 5.56 Å². The molecule has 1 heterocycles. The second kappa shape index (κ2) is 6.16. The third kappa shape index (κ3) is 2.67. The van der Waals surface area contributed by atoms with E-state index in [0.29, 0.717) is 5.56 Å². The van der Waals surface area contributed by atoms with Crippen LogP contribution in [-0.4, -0.2) is 0 Å². The van der Waals surface area contributed by atoms with E-state index in [0.717, 1.165) is 44.2 Å². The highest BCUT2D eigenvalue weighted by Gasteiger charge is 2.09. The molecule has 0 amide bonds. The van der Waals surface area contributed by atoms with Crippen molar-refractivity contribution in [2.45, 2.75) is 0 Å². The largest absolute Gasteiger partial charge is 0.456 e. The van der Waals surface area contributed by atoms with E-state index in [1.54, 1.807) is 0 Å². The van der Waals surface area contributed by atoms with E-state index in [1.165, 1.54) is 0 Å². The zero-order chi connectivity index (χ0) is 18.2. The summed E-state index contributed by atoms with van der Waals surface area (Å²) in [7, 11) is 0. The van der Waals surface area contributed by atoms with Crippen LogP contribution in [0.4, 0.5) is 0 Å². The predicted octanol–water partition coefficient (Wildman–Crippen LogP) is 6.79. The van der Waals surface area contributed by atoms with Crippen molar-refractivity contribution < 1.29 is 4.42 Å². The number of rotatable bonds is 2. The van der Waals surface area contributed by atoms with Crippen molar-refractivity contribution >= 4 is 21.9 Å². The molecule has 0 N–H and O–H groups in total. The minimum atomic E-state index is 0.671. The lowest BCUT2D eigenvalue weighted by Gasteiger charge is -2.07. The summed E-state index contributed by atoms with van der Waals surface area (Å²) >= 11 is 0. The smallest absolute Gasteiger partial charge is 0.135 e. The Morgan fingerprint density at radius 3 is 2.04 bits per heavy atom. The van der Waals surface area contributed by atoms with Crippen LogP contribution in [0.3, 0.4) is 0 Å². The van der Waals surface area contributed by atoms with E-state index in [-0.39, 0.29) is 0 Å². The lowest BCUT2D eigenvalue weighted by molar-refractivity contribution is 0.669. The Labute approximate surface area is 156 Å². The molecule has 27 heavy (non-hydrogen) atoms. The van der Waals surface area contributed by atoms with Gasteiger partial charge in [-0.3, -0.25) is 0 Å². The van der Waals surface area contributed by atoms with Crippen molar-refractivity contribution in [3.8, 4) is 28.3 Å². The average Bonchev–Trinajstić information content (AvgIpc) is 3.12. The van der Waals surface area contributed by atoms with Crippen LogP contribution in [0.2, 0.25) is 0 Å². The summed E-state index contributed by atoms with van der Waals surface area (Å²) in [6.45, 7) is 0. The van der Waals surface area contributed by atoms with E-state index in [1.807, 2.05) is 48.5 Å². The molecule has 0 unspecified atom stereocenters. The van der Waals surface area contributed by atoms with Gasteiger partial charge in [-0.2, -0.15) is 5.26 Å². The molecule has 4 aromatic carbocycles. The first-order chi connectivity index (χ1) is 13.3. The van der Waals surface area contributed by atoms with Gasteiger partial charge in [-0.1, -0.05) is 54.6 Å². The van der Waals surface area contributed by atoms with Crippen molar-refractivity contribution in [3.05, 3.63) is 96.6 Å². The number of nitrogens with zero attached hydrogens (tertiary/aromatic N) is 1. The van der Waals surface area contributed by atoms with Gasteiger partial charge in [0.1, 0.15) is 11.2 Å². The van der Waals surface area contributed by atoms with Crippen molar-refractivity contribution in [2.75, 3.05) is 0 Å². The standard InChI is InChI=1S/C25H15NO/c26-16-17-5-3-6-18(13-17)19-7-4-8-20(14-19)21-11-12-25-23(15-21)22-9-1-2-10-24(22)27-25/h1-15H. The zero-order valence-electron chi connectivity index (χ0n) is 14.5. The molecule has 126 valence electrons. The molecule has 0 radical (unpaired) electrons. The Morgan fingerprint density at radius 2 is 1.22 bits per heavy atom. The summed E-state index contributed by atoms with van der Waals surface area (Å²) in [5.41, 5.74) is 6.91. The Bertz CT molecular complexity index is 1340. The van der Waals surface area contributed by atoms with Crippen LogP contribution in [0.25, 0.3) is 44.2 Å². The van der Waals surface area contributed by atoms with Gasteiger partial charge >= 0.3 is 0 Å². The fraction of sp³-hybridized carbons (Fsp3) is 0. The zero-order valence-corrected chi connectivity index (χ0v) is 14.5. The number of hydrogen-bond donors (Lipinski definition) is 0. The Morgan fingerprint density at radius 1 is 0.556 bits per heavy atom. The minimum Gasteiger partial charge on any atom is -0.456 e. The molecule has 0 aliphatic rings. The summed E-state index contributed by atoms with van der Waals surface area (Å²) in [4.78, 5) is 0. The summed E-state index contributed by atoms with van der Waals surface area (Å²) in [6.07, 6.45) is 0. The molecule has 0 bridgehead atoms. The van der Waals surface area contributed by atoms with Crippen molar-refractivity contribution in [1.82, 2.24) is 0 Å². The van der Waals surface area contributed by atoms with Gasteiger partial charge in [0.2, 0.25) is 0 Å². The topological polar surface area (TPSA) is 36.9 Å². The molecule has 2 heteroatoms. The molecule has 0 aliphatic heterocycles. The Hall–Kier alpha value is -3.83. The van der Waals surface area contributed by atoms with Gasteiger partial charge in [-0.15, -0.1) is 0 Å². The molecule has 5 aromatic rings. The Kier molecular flexibility index (Phi) is 3.52. The van der Waals surface area contributed by atoms with Crippen LogP contribution in [0, 0.1) is 11.3 Å². The van der Waals surface area contributed by atoms with Gasteiger partial charge in [-0.05, 0) is 58.7 Å². The number of fused-ring (bicyclic) bond motifs is 3. The van der Waals surface area contributed by atoms with Crippen LogP contribution in [0.5, 0.6) is 0 Å². The van der Waals surface area contributed by atoms with Crippen LogP contribution in [0.15, 0.2) is 95.4 Å². The van der Waals surface area contributed by atoms with Crippen LogP contribution < -0.4 is 0 Å². The van der Waals surface area contributed by atoms with Crippen LogP contribution in [-0.2, 0) is 0 Å². The van der Waals surface area contributed by atoms with E-state index in [4.69, 9.17) is 9.68 Å². The maximum absolute atomic E-state index is 9.15. The van der Waals surface area contributed by atoms with Crippen LogP contribution >= 0.6 is 0 Å². The number of para-hydroxylation sites is 1. The molecule has 1 aromatic heterocycles. The van der Waals surface area contributed by atoms with E-state index in [9.17, 15) is 0 Å². The normalized spacial score (nSPS) is 10.9.